The molecule has 0 bridgehead atoms. The molecule has 5 heteroatoms. The largest absolute Gasteiger partial charge is 0.329 e. The third-order valence-electron chi connectivity index (χ3n) is 1.17. The van der Waals surface area contributed by atoms with Crippen molar-refractivity contribution in [2.24, 2.45) is 0 Å². The number of H-pyrrole nitrogens is 1. The SMILES string of the molecule is CS(=O)(=O)c1cc[nH]c(=O)c1. The molecule has 0 aliphatic carbocycles. The Morgan fingerprint density at radius 2 is 2.09 bits per heavy atom. The molecule has 0 unspecified atom stereocenters. The van der Waals surface area contributed by atoms with Gasteiger partial charge in [-0.25, -0.2) is 8.42 Å². The molecule has 0 atom stereocenters. The minimum absolute atomic E-state index is 0.0428. The van der Waals surface area contributed by atoms with Crippen LogP contribution in [0.2, 0.25) is 0 Å². The van der Waals surface area contributed by atoms with Crippen LogP contribution in [0, 0.1) is 0 Å². The first-order valence-electron chi connectivity index (χ1n) is 2.89. The van der Waals surface area contributed by atoms with Crippen LogP contribution in [-0.2, 0) is 9.84 Å². The van der Waals surface area contributed by atoms with Crippen LogP contribution in [0.15, 0.2) is 28.0 Å². The summed E-state index contributed by atoms with van der Waals surface area (Å²) in [6, 6.07) is 2.39. The summed E-state index contributed by atoms with van der Waals surface area (Å²) in [6.07, 6.45) is 2.36. The molecule has 1 heterocycles. The average Bonchev–Trinajstić information content (AvgIpc) is 1.86. The van der Waals surface area contributed by atoms with E-state index in [-0.39, 0.29) is 4.90 Å². The van der Waals surface area contributed by atoms with Crippen LogP contribution in [0.25, 0.3) is 0 Å². The predicted octanol–water partition coefficient (Wildman–Crippen LogP) is -0.222. The number of aromatic nitrogens is 1. The Bertz CT molecular complexity index is 404. The van der Waals surface area contributed by atoms with Gasteiger partial charge in [0.2, 0.25) is 5.56 Å². The van der Waals surface area contributed by atoms with Crippen LogP contribution in [0.5, 0.6) is 0 Å². The maximum atomic E-state index is 10.8. The first-order chi connectivity index (χ1) is 5.00. The average molecular weight is 173 g/mol. The van der Waals surface area contributed by atoms with E-state index in [2.05, 4.69) is 4.98 Å². The van der Waals surface area contributed by atoms with E-state index in [1.165, 1.54) is 12.3 Å². The van der Waals surface area contributed by atoms with Gasteiger partial charge < -0.3 is 4.98 Å². The van der Waals surface area contributed by atoms with Gasteiger partial charge in [0.15, 0.2) is 9.84 Å². The van der Waals surface area contributed by atoms with Crippen molar-refractivity contribution in [2.75, 3.05) is 6.26 Å². The molecule has 0 aliphatic rings. The number of sulfone groups is 1. The zero-order valence-corrected chi connectivity index (χ0v) is 6.68. The zero-order valence-electron chi connectivity index (χ0n) is 5.87. The van der Waals surface area contributed by atoms with Crippen LogP contribution in [0.3, 0.4) is 0 Å². The molecule has 0 fully saturated rings. The van der Waals surface area contributed by atoms with Crippen molar-refractivity contribution in [3.63, 3.8) is 0 Å². The summed E-state index contributed by atoms with van der Waals surface area (Å²) in [7, 11) is -3.25. The molecule has 0 aromatic carbocycles. The molecule has 0 amide bonds. The third kappa shape index (κ3) is 1.91. The van der Waals surface area contributed by atoms with Crippen molar-refractivity contribution >= 4 is 9.84 Å². The van der Waals surface area contributed by atoms with Crippen LogP contribution in [0.1, 0.15) is 0 Å². The smallest absolute Gasteiger partial charge is 0.249 e. The van der Waals surface area contributed by atoms with Crippen LogP contribution in [-0.4, -0.2) is 19.7 Å². The van der Waals surface area contributed by atoms with Gasteiger partial charge in [-0.05, 0) is 6.07 Å². The molecule has 1 N–H and O–H groups in total. The standard InChI is InChI=1S/C6H7NO3S/c1-11(9,10)5-2-3-7-6(8)4-5/h2-4H,1H3,(H,7,8). The minimum atomic E-state index is -3.25. The highest BCUT2D eigenvalue weighted by atomic mass is 32.2. The molecule has 1 rings (SSSR count). The first kappa shape index (κ1) is 8.00. The molecule has 0 saturated heterocycles. The molecular weight excluding hydrogens is 166 g/mol. The molecule has 60 valence electrons. The summed E-state index contributed by atoms with van der Waals surface area (Å²) in [4.78, 5) is 13.0. The van der Waals surface area contributed by atoms with Gasteiger partial charge >= 0.3 is 0 Å². The highest BCUT2D eigenvalue weighted by Gasteiger charge is 2.05. The number of hydrogen-bond donors (Lipinski definition) is 1. The lowest BCUT2D eigenvalue weighted by Crippen LogP contribution is -2.07. The highest BCUT2D eigenvalue weighted by Crippen LogP contribution is 2.01. The summed E-state index contributed by atoms with van der Waals surface area (Å²) in [5.74, 6) is 0. The Morgan fingerprint density at radius 1 is 1.45 bits per heavy atom. The fraction of sp³-hybridized carbons (Fsp3) is 0.167. The molecule has 1 aromatic rings. The van der Waals surface area contributed by atoms with Crippen molar-refractivity contribution in [1.82, 2.24) is 4.98 Å². The summed E-state index contributed by atoms with van der Waals surface area (Å²) in [5.41, 5.74) is -0.409. The van der Waals surface area contributed by atoms with Gasteiger partial charge in [-0.3, -0.25) is 4.79 Å². The van der Waals surface area contributed by atoms with Gasteiger partial charge in [0.1, 0.15) is 0 Å². The Kier molecular flexibility index (Phi) is 1.82. The first-order valence-corrected chi connectivity index (χ1v) is 4.78. The second-order valence-corrected chi connectivity index (χ2v) is 4.18. The molecule has 1 aromatic heterocycles. The number of pyridine rings is 1. The zero-order chi connectivity index (χ0) is 8.48. The van der Waals surface area contributed by atoms with Crippen LogP contribution < -0.4 is 5.56 Å². The molecule has 0 saturated carbocycles. The number of nitrogens with one attached hydrogen (secondary N) is 1. The quantitative estimate of drug-likeness (QED) is 0.638. The summed E-state index contributed by atoms with van der Waals surface area (Å²) >= 11 is 0. The number of hydrogen-bond acceptors (Lipinski definition) is 3. The maximum Gasteiger partial charge on any atom is 0.249 e. The van der Waals surface area contributed by atoms with Gasteiger partial charge in [0.05, 0.1) is 4.90 Å². The summed E-state index contributed by atoms with van der Waals surface area (Å²) in [5, 5.41) is 0. The van der Waals surface area contributed by atoms with E-state index >= 15 is 0 Å². The van der Waals surface area contributed by atoms with Gasteiger partial charge in [-0.2, -0.15) is 0 Å². The van der Waals surface area contributed by atoms with E-state index in [1.54, 1.807) is 0 Å². The van der Waals surface area contributed by atoms with E-state index in [0.29, 0.717) is 0 Å². The maximum absolute atomic E-state index is 10.8. The Hall–Kier alpha value is -1.10. The van der Waals surface area contributed by atoms with E-state index in [4.69, 9.17) is 0 Å². The van der Waals surface area contributed by atoms with Crippen molar-refractivity contribution < 1.29 is 8.42 Å². The highest BCUT2D eigenvalue weighted by molar-refractivity contribution is 7.90. The topological polar surface area (TPSA) is 67.0 Å². The van der Waals surface area contributed by atoms with Gasteiger partial charge in [0.25, 0.3) is 0 Å². The molecule has 4 nitrogen and oxygen atoms in total. The Balaban J connectivity index is 3.40. The lowest BCUT2D eigenvalue weighted by molar-refractivity contribution is 0.601. The van der Waals surface area contributed by atoms with Gasteiger partial charge in [-0.1, -0.05) is 0 Å². The molecule has 11 heavy (non-hydrogen) atoms. The van der Waals surface area contributed by atoms with E-state index in [9.17, 15) is 13.2 Å². The van der Waals surface area contributed by atoms with Gasteiger partial charge in [0, 0.05) is 18.5 Å². The second-order valence-electron chi connectivity index (χ2n) is 2.16. The molecule has 0 radical (unpaired) electrons. The third-order valence-corrected chi connectivity index (χ3v) is 2.28. The second kappa shape index (κ2) is 2.50. The summed E-state index contributed by atoms with van der Waals surface area (Å²) < 4.78 is 21.7. The number of aromatic amines is 1. The van der Waals surface area contributed by atoms with Crippen molar-refractivity contribution in [2.45, 2.75) is 4.90 Å². The molecule has 0 aliphatic heterocycles. The van der Waals surface area contributed by atoms with E-state index < -0.39 is 15.4 Å². The van der Waals surface area contributed by atoms with E-state index in [1.807, 2.05) is 0 Å². The van der Waals surface area contributed by atoms with Crippen molar-refractivity contribution in [1.29, 1.82) is 0 Å². The fourth-order valence-electron chi connectivity index (χ4n) is 0.656. The Labute approximate surface area is 63.8 Å². The molecule has 0 spiro atoms. The predicted molar refractivity (Wildman–Crippen MR) is 40.2 cm³/mol. The van der Waals surface area contributed by atoms with Crippen molar-refractivity contribution in [3.8, 4) is 0 Å². The normalized spacial score (nSPS) is 11.4. The summed E-state index contributed by atoms with van der Waals surface area (Å²) in [6.45, 7) is 0. The number of rotatable bonds is 1. The van der Waals surface area contributed by atoms with Gasteiger partial charge in [-0.15, -0.1) is 0 Å². The van der Waals surface area contributed by atoms with E-state index in [0.717, 1.165) is 12.3 Å². The van der Waals surface area contributed by atoms with Crippen molar-refractivity contribution in [3.05, 3.63) is 28.7 Å². The molecular formula is C6H7NO3S. The van der Waals surface area contributed by atoms with Crippen LogP contribution in [0.4, 0.5) is 0 Å². The van der Waals surface area contributed by atoms with Crippen LogP contribution >= 0.6 is 0 Å². The minimum Gasteiger partial charge on any atom is -0.329 e. The fourth-order valence-corrected chi connectivity index (χ4v) is 1.29. The Morgan fingerprint density at radius 3 is 2.45 bits per heavy atom. The monoisotopic (exact) mass is 173 g/mol. The lowest BCUT2D eigenvalue weighted by atomic mass is 10.5. The lowest BCUT2D eigenvalue weighted by Gasteiger charge is -1.93.